The van der Waals surface area contributed by atoms with E-state index in [-0.39, 0.29) is 11.9 Å². The first kappa shape index (κ1) is 14.4. The van der Waals surface area contributed by atoms with Crippen LogP contribution in [-0.2, 0) is 17.8 Å². The van der Waals surface area contributed by atoms with Gasteiger partial charge in [0.2, 0.25) is 5.91 Å². The summed E-state index contributed by atoms with van der Waals surface area (Å²) in [5.41, 5.74) is 9.87. The summed E-state index contributed by atoms with van der Waals surface area (Å²) in [5.74, 6) is 0.509. The van der Waals surface area contributed by atoms with Crippen molar-refractivity contribution in [2.24, 2.45) is 11.7 Å². The fourth-order valence-electron chi connectivity index (χ4n) is 3.57. The van der Waals surface area contributed by atoms with Gasteiger partial charge in [-0.1, -0.05) is 18.6 Å². The fourth-order valence-corrected chi connectivity index (χ4v) is 3.57. The van der Waals surface area contributed by atoms with E-state index in [0.29, 0.717) is 18.9 Å². The predicted molar refractivity (Wildman–Crippen MR) is 85.0 cm³/mol. The van der Waals surface area contributed by atoms with Gasteiger partial charge in [-0.15, -0.1) is 0 Å². The third kappa shape index (κ3) is 3.38. The lowest BCUT2D eigenvalue weighted by Crippen LogP contribution is -2.31. The molecule has 1 aromatic rings. The fraction of sp³-hybridized carbons (Fsp3) is 0.588. The van der Waals surface area contributed by atoms with Crippen molar-refractivity contribution in [3.63, 3.8) is 0 Å². The standard InChI is InChI=1S/C17H25N3O/c18-15-7-1-4-12(15)10-17(21)20-11-13-5-2-8-16-14(13)6-3-9-19-16/h2,5,8,12,15,19H,1,3-4,6-7,9-11,18H2,(H,20,21)/t12-,15+/m0/s1. The summed E-state index contributed by atoms with van der Waals surface area (Å²) < 4.78 is 0. The summed E-state index contributed by atoms with van der Waals surface area (Å²) in [6, 6.07) is 6.51. The maximum atomic E-state index is 12.1. The van der Waals surface area contributed by atoms with Crippen molar-refractivity contribution < 1.29 is 4.79 Å². The average Bonchev–Trinajstić information content (AvgIpc) is 2.90. The Morgan fingerprint density at radius 2 is 2.24 bits per heavy atom. The highest BCUT2D eigenvalue weighted by Gasteiger charge is 2.26. The Kier molecular flexibility index (Phi) is 4.44. The average molecular weight is 287 g/mol. The summed E-state index contributed by atoms with van der Waals surface area (Å²) >= 11 is 0. The molecule has 3 rings (SSSR count). The van der Waals surface area contributed by atoms with E-state index in [9.17, 15) is 4.79 Å². The molecule has 1 aliphatic heterocycles. The Bertz CT molecular complexity index is 515. The molecule has 4 N–H and O–H groups in total. The van der Waals surface area contributed by atoms with E-state index in [0.717, 1.165) is 38.6 Å². The number of hydrogen-bond acceptors (Lipinski definition) is 3. The maximum absolute atomic E-state index is 12.1. The van der Waals surface area contributed by atoms with Crippen LogP contribution < -0.4 is 16.4 Å². The van der Waals surface area contributed by atoms with Gasteiger partial charge in [0, 0.05) is 31.2 Å². The number of benzene rings is 1. The molecule has 0 saturated heterocycles. The second-order valence-electron chi connectivity index (χ2n) is 6.31. The Morgan fingerprint density at radius 3 is 3.05 bits per heavy atom. The molecule has 114 valence electrons. The quantitative estimate of drug-likeness (QED) is 0.795. The van der Waals surface area contributed by atoms with Gasteiger partial charge in [0.25, 0.3) is 0 Å². The lowest BCUT2D eigenvalue weighted by molar-refractivity contribution is -0.122. The van der Waals surface area contributed by atoms with Crippen LogP contribution in [0.4, 0.5) is 5.69 Å². The first-order chi connectivity index (χ1) is 10.2. The molecule has 1 fully saturated rings. The van der Waals surface area contributed by atoms with Crippen LogP contribution in [0, 0.1) is 5.92 Å². The van der Waals surface area contributed by atoms with Gasteiger partial charge in [-0.25, -0.2) is 0 Å². The van der Waals surface area contributed by atoms with E-state index in [1.807, 2.05) is 0 Å². The molecule has 1 aromatic carbocycles. The first-order valence-corrected chi connectivity index (χ1v) is 8.11. The van der Waals surface area contributed by atoms with Gasteiger partial charge in [0.05, 0.1) is 0 Å². The van der Waals surface area contributed by atoms with Crippen LogP contribution in [0.3, 0.4) is 0 Å². The molecular formula is C17H25N3O. The summed E-state index contributed by atoms with van der Waals surface area (Å²) in [4.78, 5) is 12.1. The van der Waals surface area contributed by atoms with Crippen molar-refractivity contribution in [1.82, 2.24) is 5.32 Å². The normalized spacial score (nSPS) is 24.2. The Labute approximate surface area is 126 Å². The third-order valence-corrected chi connectivity index (χ3v) is 4.83. The van der Waals surface area contributed by atoms with Gasteiger partial charge in [0.15, 0.2) is 0 Å². The second kappa shape index (κ2) is 6.48. The van der Waals surface area contributed by atoms with Crippen molar-refractivity contribution >= 4 is 11.6 Å². The van der Waals surface area contributed by atoms with Crippen molar-refractivity contribution in [2.45, 2.75) is 51.1 Å². The second-order valence-corrected chi connectivity index (χ2v) is 6.31. The van der Waals surface area contributed by atoms with Crippen molar-refractivity contribution in [3.05, 3.63) is 29.3 Å². The highest BCUT2D eigenvalue weighted by molar-refractivity contribution is 5.76. The van der Waals surface area contributed by atoms with Crippen molar-refractivity contribution in [1.29, 1.82) is 0 Å². The van der Waals surface area contributed by atoms with Gasteiger partial charge >= 0.3 is 0 Å². The molecule has 21 heavy (non-hydrogen) atoms. The minimum atomic E-state index is 0.138. The van der Waals surface area contributed by atoms with Gasteiger partial charge < -0.3 is 16.4 Å². The minimum Gasteiger partial charge on any atom is -0.385 e. The number of carbonyl (C=O) groups is 1. The largest absolute Gasteiger partial charge is 0.385 e. The van der Waals surface area contributed by atoms with Gasteiger partial charge in [-0.3, -0.25) is 4.79 Å². The van der Waals surface area contributed by atoms with Crippen LogP contribution >= 0.6 is 0 Å². The predicted octanol–water partition coefficient (Wildman–Crippen LogP) is 2.18. The zero-order valence-electron chi connectivity index (χ0n) is 12.5. The number of amides is 1. The molecule has 4 nitrogen and oxygen atoms in total. The van der Waals surface area contributed by atoms with E-state index in [2.05, 4.69) is 28.8 Å². The Balaban J connectivity index is 1.56. The van der Waals surface area contributed by atoms with Gasteiger partial charge in [-0.05, 0) is 48.8 Å². The highest BCUT2D eigenvalue weighted by atomic mass is 16.1. The monoisotopic (exact) mass is 287 g/mol. The van der Waals surface area contributed by atoms with E-state index < -0.39 is 0 Å². The van der Waals surface area contributed by atoms with E-state index in [1.165, 1.54) is 16.8 Å². The van der Waals surface area contributed by atoms with E-state index in [1.54, 1.807) is 0 Å². The molecule has 0 bridgehead atoms. The maximum Gasteiger partial charge on any atom is 0.220 e. The minimum absolute atomic E-state index is 0.138. The number of anilines is 1. The molecule has 1 aliphatic carbocycles. The zero-order chi connectivity index (χ0) is 14.7. The SMILES string of the molecule is N[C@@H]1CCC[C@H]1CC(=O)NCc1cccc2c1CCCN2. The van der Waals surface area contributed by atoms with Crippen molar-refractivity contribution in [3.8, 4) is 0 Å². The summed E-state index contributed by atoms with van der Waals surface area (Å²) in [5, 5.41) is 6.50. The molecule has 4 heteroatoms. The Morgan fingerprint density at radius 1 is 1.33 bits per heavy atom. The van der Waals surface area contributed by atoms with Crippen LogP contribution in [0.5, 0.6) is 0 Å². The lowest BCUT2D eigenvalue weighted by Gasteiger charge is -2.21. The summed E-state index contributed by atoms with van der Waals surface area (Å²) in [6.45, 7) is 1.67. The Hall–Kier alpha value is -1.55. The van der Waals surface area contributed by atoms with E-state index >= 15 is 0 Å². The number of nitrogens with one attached hydrogen (secondary N) is 2. The van der Waals surface area contributed by atoms with Crippen LogP contribution in [0.15, 0.2) is 18.2 Å². The van der Waals surface area contributed by atoms with Crippen LogP contribution in [-0.4, -0.2) is 18.5 Å². The van der Waals surface area contributed by atoms with Crippen LogP contribution in [0.2, 0.25) is 0 Å². The number of rotatable bonds is 4. The summed E-state index contributed by atoms with van der Waals surface area (Å²) in [6.07, 6.45) is 6.16. The van der Waals surface area contributed by atoms with Crippen molar-refractivity contribution in [2.75, 3.05) is 11.9 Å². The van der Waals surface area contributed by atoms with Gasteiger partial charge in [-0.2, -0.15) is 0 Å². The molecule has 1 amide bonds. The van der Waals surface area contributed by atoms with Crippen LogP contribution in [0.1, 0.15) is 43.2 Å². The molecule has 1 heterocycles. The molecule has 2 aliphatic rings. The molecule has 0 aromatic heterocycles. The molecule has 0 spiro atoms. The van der Waals surface area contributed by atoms with Crippen LogP contribution in [0.25, 0.3) is 0 Å². The number of carbonyl (C=O) groups excluding carboxylic acids is 1. The number of hydrogen-bond donors (Lipinski definition) is 3. The summed E-state index contributed by atoms with van der Waals surface area (Å²) in [7, 11) is 0. The number of fused-ring (bicyclic) bond motifs is 1. The molecule has 2 atom stereocenters. The molecule has 0 unspecified atom stereocenters. The van der Waals surface area contributed by atoms with Gasteiger partial charge in [0.1, 0.15) is 0 Å². The molecular weight excluding hydrogens is 262 g/mol. The zero-order valence-corrected chi connectivity index (χ0v) is 12.5. The molecule has 1 saturated carbocycles. The highest BCUT2D eigenvalue weighted by Crippen LogP contribution is 2.27. The molecule has 0 radical (unpaired) electrons. The third-order valence-electron chi connectivity index (χ3n) is 4.83. The number of nitrogens with two attached hydrogens (primary N) is 1. The first-order valence-electron chi connectivity index (χ1n) is 8.11. The van der Waals surface area contributed by atoms with E-state index in [4.69, 9.17) is 5.73 Å². The smallest absolute Gasteiger partial charge is 0.220 e. The topological polar surface area (TPSA) is 67.2 Å². The lowest BCUT2D eigenvalue weighted by atomic mass is 9.97.